The lowest BCUT2D eigenvalue weighted by Crippen LogP contribution is -2.48. The first-order valence-electron chi connectivity index (χ1n) is 13.3. The van der Waals surface area contributed by atoms with Crippen LogP contribution < -0.4 is 14.5 Å². The van der Waals surface area contributed by atoms with Crippen LogP contribution in [0.4, 0.5) is 37.8 Å². The number of hydrogen-bond acceptors (Lipinski definition) is 7. The number of halogens is 6. The van der Waals surface area contributed by atoms with E-state index < -0.39 is 23.5 Å². The van der Waals surface area contributed by atoms with Crippen molar-refractivity contribution in [2.45, 2.75) is 44.3 Å². The van der Waals surface area contributed by atoms with Crippen LogP contribution in [0.5, 0.6) is 6.01 Å². The number of likely N-dealkylation sites (N-methyl/N-ethyl adjacent to an activating group) is 1. The number of carbonyl (C=O) groups excluding carboxylic acids is 1. The normalized spacial score (nSPS) is 20.0. The highest BCUT2D eigenvalue weighted by Crippen LogP contribution is 2.43. The number of benzene rings is 1. The lowest BCUT2D eigenvalue weighted by atomic mass is 10.1. The zero-order valence-electron chi connectivity index (χ0n) is 22.4. The number of likely N-dealkylation sites (tertiary alicyclic amines) is 1. The van der Waals surface area contributed by atoms with E-state index in [2.05, 4.69) is 21.4 Å². The molecule has 222 valence electrons. The van der Waals surface area contributed by atoms with Gasteiger partial charge in [0.1, 0.15) is 12.4 Å². The molecule has 0 spiro atoms. The van der Waals surface area contributed by atoms with Gasteiger partial charge in [0.05, 0.1) is 23.4 Å². The van der Waals surface area contributed by atoms with Crippen molar-refractivity contribution in [2.24, 2.45) is 0 Å². The van der Waals surface area contributed by atoms with Crippen molar-refractivity contribution in [1.82, 2.24) is 19.8 Å². The molecule has 4 heterocycles. The van der Waals surface area contributed by atoms with Gasteiger partial charge in [-0.1, -0.05) is 6.58 Å². The van der Waals surface area contributed by atoms with Gasteiger partial charge in [0.2, 0.25) is 5.91 Å². The molecule has 8 nitrogen and oxygen atoms in total. The Morgan fingerprint density at radius 2 is 1.76 bits per heavy atom. The van der Waals surface area contributed by atoms with Gasteiger partial charge in [-0.25, -0.2) is 0 Å². The molecule has 1 amide bonds. The van der Waals surface area contributed by atoms with Crippen molar-refractivity contribution >= 4 is 17.4 Å². The highest BCUT2D eigenvalue weighted by atomic mass is 19.4. The molecule has 0 bridgehead atoms. The quantitative estimate of drug-likeness (QED) is 0.370. The van der Waals surface area contributed by atoms with Crippen LogP contribution in [0, 0.1) is 0 Å². The maximum absolute atomic E-state index is 14.0. The van der Waals surface area contributed by atoms with E-state index in [-0.39, 0.29) is 42.8 Å². The summed E-state index contributed by atoms with van der Waals surface area (Å²) < 4.78 is 87.5. The average molecular weight is 585 g/mol. The second-order valence-corrected chi connectivity index (χ2v) is 10.4. The van der Waals surface area contributed by atoms with Gasteiger partial charge in [0, 0.05) is 50.0 Å². The largest absolute Gasteiger partial charge is 0.462 e. The third-order valence-electron chi connectivity index (χ3n) is 7.85. The van der Waals surface area contributed by atoms with Gasteiger partial charge in [0.25, 0.3) is 0 Å². The number of aromatic nitrogens is 2. The molecule has 0 saturated carbocycles. The summed E-state index contributed by atoms with van der Waals surface area (Å²) in [5.41, 5.74) is -2.09. The van der Waals surface area contributed by atoms with Gasteiger partial charge in [-0.15, -0.1) is 0 Å². The molecule has 0 N–H and O–H groups in total. The van der Waals surface area contributed by atoms with E-state index in [4.69, 9.17) is 4.74 Å². The summed E-state index contributed by atoms with van der Waals surface area (Å²) in [5, 5.41) is 0. The Kier molecular flexibility index (Phi) is 7.79. The smallest absolute Gasteiger partial charge is 0.418 e. The minimum atomic E-state index is -5.00. The van der Waals surface area contributed by atoms with E-state index in [1.54, 1.807) is 4.90 Å². The molecule has 2 saturated heterocycles. The van der Waals surface area contributed by atoms with E-state index >= 15 is 0 Å². The van der Waals surface area contributed by atoms with E-state index in [1.165, 1.54) is 11.0 Å². The summed E-state index contributed by atoms with van der Waals surface area (Å²) in [7, 11) is 2.00. The molecule has 41 heavy (non-hydrogen) atoms. The highest BCUT2D eigenvalue weighted by Gasteiger charge is 2.41. The average Bonchev–Trinajstić information content (AvgIpc) is 3.55. The Morgan fingerprint density at radius 1 is 1.02 bits per heavy atom. The summed E-state index contributed by atoms with van der Waals surface area (Å²) in [5.74, 6) is 0.286. The van der Waals surface area contributed by atoms with Gasteiger partial charge >= 0.3 is 18.4 Å². The topological polar surface area (TPSA) is 65.0 Å². The van der Waals surface area contributed by atoms with Crippen LogP contribution in [0.1, 0.15) is 35.2 Å². The fourth-order valence-electron chi connectivity index (χ4n) is 5.56. The molecule has 0 unspecified atom stereocenters. The highest BCUT2D eigenvalue weighted by molar-refractivity contribution is 5.87. The molecule has 2 aromatic rings. The van der Waals surface area contributed by atoms with Gasteiger partial charge in [0.15, 0.2) is 0 Å². The Bertz CT molecular complexity index is 1310. The molecule has 3 aliphatic rings. The van der Waals surface area contributed by atoms with E-state index in [9.17, 15) is 31.1 Å². The maximum Gasteiger partial charge on any atom is 0.418 e. The molecule has 5 rings (SSSR count). The Hall–Kier alpha value is -3.55. The van der Waals surface area contributed by atoms with Crippen LogP contribution in [0.15, 0.2) is 30.9 Å². The monoisotopic (exact) mass is 584 g/mol. The molecule has 2 fully saturated rings. The lowest BCUT2D eigenvalue weighted by Gasteiger charge is -2.35. The first kappa shape index (κ1) is 29.0. The van der Waals surface area contributed by atoms with E-state index in [0.717, 1.165) is 25.5 Å². The number of ether oxygens (including phenoxy) is 1. The zero-order chi connectivity index (χ0) is 29.5. The number of anilines is 2. The summed E-state index contributed by atoms with van der Waals surface area (Å²) in [4.78, 5) is 28.3. The number of fused-ring (bicyclic) bond motifs is 1. The summed E-state index contributed by atoms with van der Waals surface area (Å²) in [6, 6.07) is 1.93. The van der Waals surface area contributed by atoms with Crippen molar-refractivity contribution in [3.8, 4) is 6.01 Å². The van der Waals surface area contributed by atoms with Crippen LogP contribution in [-0.2, 0) is 30.2 Å². The number of rotatable bonds is 6. The van der Waals surface area contributed by atoms with E-state index in [0.29, 0.717) is 55.9 Å². The van der Waals surface area contributed by atoms with Gasteiger partial charge in [-0.3, -0.25) is 4.79 Å². The minimum absolute atomic E-state index is 0.0312. The number of piperazine rings is 1. The molecule has 14 heteroatoms. The molecular weight excluding hydrogens is 554 g/mol. The first-order valence-corrected chi connectivity index (χ1v) is 13.3. The van der Waals surface area contributed by atoms with Crippen LogP contribution >= 0.6 is 0 Å². The molecular formula is C27H30F6N6O2. The van der Waals surface area contributed by atoms with Gasteiger partial charge in [-0.05, 0) is 50.7 Å². The summed E-state index contributed by atoms with van der Waals surface area (Å²) >= 11 is 0. The predicted molar refractivity (Wildman–Crippen MR) is 139 cm³/mol. The summed E-state index contributed by atoms with van der Waals surface area (Å²) in [6.07, 6.45) is -6.69. The SMILES string of the molecule is C=CC(=O)N1CCN(c2nc(OC[C@@H]3CCCN3C)nc3c2CN(c2ccc(C(F)(F)F)cc2C(F)(F)F)C3)CC1. The number of amides is 1. The molecule has 0 aliphatic carbocycles. The van der Waals surface area contributed by atoms with Crippen molar-refractivity contribution in [1.29, 1.82) is 0 Å². The third-order valence-corrected chi connectivity index (χ3v) is 7.85. The zero-order valence-corrected chi connectivity index (χ0v) is 22.4. The number of nitrogens with zero attached hydrogens (tertiary/aromatic N) is 6. The van der Waals surface area contributed by atoms with Crippen LogP contribution in [0.3, 0.4) is 0 Å². The Balaban J connectivity index is 1.46. The predicted octanol–water partition coefficient (Wildman–Crippen LogP) is 4.34. The van der Waals surface area contributed by atoms with Gasteiger partial charge < -0.3 is 24.3 Å². The maximum atomic E-state index is 14.0. The number of carbonyl (C=O) groups is 1. The van der Waals surface area contributed by atoms with Gasteiger partial charge in [-0.2, -0.15) is 36.3 Å². The van der Waals surface area contributed by atoms with Crippen LogP contribution in [0.25, 0.3) is 0 Å². The molecule has 0 radical (unpaired) electrons. The lowest BCUT2D eigenvalue weighted by molar-refractivity contribution is -0.142. The second kappa shape index (κ2) is 11.0. The molecule has 1 atom stereocenters. The third kappa shape index (κ3) is 6.07. The van der Waals surface area contributed by atoms with Crippen molar-refractivity contribution < 1.29 is 35.9 Å². The molecule has 1 aromatic carbocycles. The molecule has 3 aliphatic heterocycles. The summed E-state index contributed by atoms with van der Waals surface area (Å²) in [6.45, 7) is 6.34. The second-order valence-electron chi connectivity index (χ2n) is 10.4. The number of hydrogen-bond donors (Lipinski definition) is 0. The number of alkyl halides is 6. The minimum Gasteiger partial charge on any atom is -0.462 e. The van der Waals surface area contributed by atoms with Crippen LogP contribution in [0.2, 0.25) is 0 Å². The van der Waals surface area contributed by atoms with Crippen molar-refractivity contribution in [2.75, 3.05) is 56.2 Å². The van der Waals surface area contributed by atoms with Crippen LogP contribution in [-0.4, -0.2) is 78.1 Å². The fraction of sp³-hybridized carbons (Fsp3) is 0.519. The standard InChI is InChI=1S/C27H30F6N6O2/c1-3-23(40)37-9-11-38(12-10-37)24-19-14-39(22-7-6-17(26(28,29)30)13-20(22)27(31,32)33)15-21(19)34-25(35-24)41-16-18-5-4-8-36(18)2/h3,6-7,13,18H,1,4-5,8-12,14-16H2,2H3/t18-/m0/s1. The first-order chi connectivity index (χ1) is 19.3. The van der Waals surface area contributed by atoms with E-state index in [1.807, 2.05) is 11.9 Å². The Labute approximate surface area is 233 Å². The Morgan fingerprint density at radius 3 is 2.37 bits per heavy atom. The fourth-order valence-corrected chi connectivity index (χ4v) is 5.56. The van der Waals surface area contributed by atoms with Crippen molar-refractivity contribution in [3.63, 3.8) is 0 Å². The van der Waals surface area contributed by atoms with Crippen molar-refractivity contribution in [3.05, 3.63) is 53.2 Å². The molecule has 1 aromatic heterocycles.